The van der Waals surface area contributed by atoms with Crippen molar-refractivity contribution in [2.75, 3.05) is 32.8 Å². The van der Waals surface area contributed by atoms with E-state index in [1.807, 2.05) is 0 Å². The van der Waals surface area contributed by atoms with E-state index in [-0.39, 0.29) is 5.92 Å². The van der Waals surface area contributed by atoms with Crippen molar-refractivity contribution >= 4 is 5.91 Å². The minimum absolute atomic E-state index is 0.249. The number of ether oxygens (including phenoxy) is 1. The van der Waals surface area contributed by atoms with Gasteiger partial charge in [0, 0.05) is 31.7 Å². The average Bonchev–Trinajstić information content (AvgIpc) is 2.42. The predicted molar refractivity (Wildman–Crippen MR) is 66.8 cm³/mol. The van der Waals surface area contributed by atoms with Gasteiger partial charge in [-0.1, -0.05) is 0 Å². The van der Waals surface area contributed by atoms with E-state index in [4.69, 9.17) is 4.74 Å². The molecule has 0 bridgehead atoms. The van der Waals surface area contributed by atoms with Crippen molar-refractivity contribution in [2.24, 2.45) is 5.92 Å². The van der Waals surface area contributed by atoms with Gasteiger partial charge in [-0.3, -0.25) is 4.79 Å². The molecule has 0 aromatic carbocycles. The lowest BCUT2D eigenvalue weighted by Crippen LogP contribution is -2.47. The van der Waals surface area contributed by atoms with Crippen LogP contribution in [0.25, 0.3) is 0 Å². The summed E-state index contributed by atoms with van der Waals surface area (Å²) >= 11 is 0. The van der Waals surface area contributed by atoms with Crippen LogP contribution in [-0.4, -0.2) is 49.7 Å². The third-order valence-corrected chi connectivity index (χ3v) is 3.94. The first-order chi connectivity index (χ1) is 8.33. The molecule has 0 atom stereocenters. The third kappa shape index (κ3) is 3.19. The largest absolute Gasteiger partial charge is 0.381 e. The molecule has 2 aliphatic rings. The molecule has 0 radical (unpaired) electrons. The van der Waals surface area contributed by atoms with Gasteiger partial charge in [0.15, 0.2) is 0 Å². The van der Waals surface area contributed by atoms with Crippen LogP contribution in [0, 0.1) is 5.92 Å². The van der Waals surface area contributed by atoms with E-state index in [2.05, 4.69) is 17.1 Å². The second-order valence-corrected chi connectivity index (χ2v) is 4.99. The molecular formula is C13H24N2O2. The number of nitrogens with one attached hydrogen (secondary N) is 1. The molecule has 0 aliphatic carbocycles. The zero-order valence-electron chi connectivity index (χ0n) is 10.8. The van der Waals surface area contributed by atoms with Crippen LogP contribution in [0.15, 0.2) is 0 Å². The van der Waals surface area contributed by atoms with Crippen LogP contribution in [0.4, 0.5) is 0 Å². The van der Waals surface area contributed by atoms with E-state index in [0.717, 1.165) is 58.5 Å². The molecule has 17 heavy (non-hydrogen) atoms. The molecule has 0 aromatic heterocycles. The maximum Gasteiger partial charge on any atom is 0.226 e. The molecule has 2 heterocycles. The Labute approximate surface area is 104 Å². The summed E-state index contributed by atoms with van der Waals surface area (Å²) in [6.45, 7) is 6.52. The number of hydrogen-bond donors (Lipinski definition) is 1. The molecule has 2 aliphatic heterocycles. The fourth-order valence-electron chi connectivity index (χ4n) is 2.89. The van der Waals surface area contributed by atoms with Gasteiger partial charge in [-0.05, 0) is 45.7 Å². The number of piperidine rings is 1. The first-order valence-corrected chi connectivity index (χ1v) is 6.92. The molecular weight excluding hydrogens is 216 g/mol. The van der Waals surface area contributed by atoms with Crippen LogP contribution in [0.5, 0.6) is 0 Å². The zero-order chi connectivity index (χ0) is 12.1. The maximum atomic E-state index is 12.5. The summed E-state index contributed by atoms with van der Waals surface area (Å²) in [4.78, 5) is 14.6. The lowest BCUT2D eigenvalue weighted by atomic mass is 9.95. The molecule has 2 rings (SSSR count). The van der Waals surface area contributed by atoms with Crippen LogP contribution in [0.1, 0.15) is 32.6 Å². The van der Waals surface area contributed by atoms with Gasteiger partial charge in [0.05, 0.1) is 0 Å². The Balaban J connectivity index is 1.93. The number of nitrogens with zero attached hydrogens (tertiary/aromatic N) is 1. The van der Waals surface area contributed by atoms with Gasteiger partial charge in [-0.15, -0.1) is 0 Å². The van der Waals surface area contributed by atoms with E-state index in [1.54, 1.807) is 0 Å². The van der Waals surface area contributed by atoms with Gasteiger partial charge in [0.25, 0.3) is 0 Å². The minimum Gasteiger partial charge on any atom is -0.381 e. The summed E-state index contributed by atoms with van der Waals surface area (Å²) in [5.74, 6) is 0.625. The van der Waals surface area contributed by atoms with Crippen molar-refractivity contribution in [2.45, 2.75) is 38.6 Å². The van der Waals surface area contributed by atoms with E-state index in [1.165, 1.54) is 0 Å². The lowest BCUT2D eigenvalue weighted by molar-refractivity contribution is -0.140. The van der Waals surface area contributed by atoms with E-state index >= 15 is 0 Å². The molecule has 0 saturated carbocycles. The number of carbonyl (C=O) groups excluding carboxylic acids is 1. The SMILES string of the molecule is CCN(C(=O)C1CCNCC1)C1CCOCC1. The molecule has 0 aromatic rings. The molecule has 4 heteroatoms. The standard InChI is InChI=1S/C13H24N2O2/c1-2-15(12-5-9-17-10-6-12)13(16)11-3-7-14-8-4-11/h11-12,14H,2-10H2,1H3. The highest BCUT2D eigenvalue weighted by atomic mass is 16.5. The first-order valence-electron chi connectivity index (χ1n) is 6.92. The Bertz CT molecular complexity index is 246. The van der Waals surface area contributed by atoms with Gasteiger partial charge >= 0.3 is 0 Å². The third-order valence-electron chi connectivity index (χ3n) is 3.94. The molecule has 2 fully saturated rings. The normalized spacial score (nSPS) is 23.6. The molecule has 0 unspecified atom stereocenters. The summed E-state index contributed by atoms with van der Waals surface area (Å²) in [6.07, 6.45) is 4.01. The Kier molecular flexibility index (Phi) is 4.80. The van der Waals surface area contributed by atoms with Crippen LogP contribution >= 0.6 is 0 Å². The van der Waals surface area contributed by atoms with Crippen molar-refractivity contribution in [1.82, 2.24) is 10.2 Å². The second-order valence-electron chi connectivity index (χ2n) is 4.99. The first kappa shape index (κ1) is 12.8. The lowest BCUT2D eigenvalue weighted by Gasteiger charge is -2.36. The van der Waals surface area contributed by atoms with Crippen molar-refractivity contribution < 1.29 is 9.53 Å². The minimum atomic E-state index is 0.249. The molecule has 1 amide bonds. The summed E-state index contributed by atoms with van der Waals surface area (Å²) in [5, 5.41) is 3.32. The molecule has 98 valence electrons. The number of amides is 1. The van der Waals surface area contributed by atoms with Gasteiger partial charge < -0.3 is 15.0 Å². The quantitative estimate of drug-likeness (QED) is 0.800. The van der Waals surface area contributed by atoms with Crippen LogP contribution in [-0.2, 0) is 9.53 Å². The number of rotatable bonds is 3. The monoisotopic (exact) mass is 240 g/mol. The van der Waals surface area contributed by atoms with Crippen LogP contribution < -0.4 is 5.32 Å². The smallest absolute Gasteiger partial charge is 0.226 e. The van der Waals surface area contributed by atoms with E-state index in [0.29, 0.717) is 11.9 Å². The van der Waals surface area contributed by atoms with Crippen molar-refractivity contribution in [1.29, 1.82) is 0 Å². The summed E-state index contributed by atoms with van der Waals surface area (Å²) in [7, 11) is 0. The van der Waals surface area contributed by atoms with Gasteiger partial charge in [0.1, 0.15) is 0 Å². The summed E-state index contributed by atoms with van der Waals surface area (Å²) in [5.41, 5.74) is 0. The highest BCUT2D eigenvalue weighted by Crippen LogP contribution is 2.21. The second kappa shape index (κ2) is 6.36. The van der Waals surface area contributed by atoms with E-state index in [9.17, 15) is 4.79 Å². The highest BCUT2D eigenvalue weighted by molar-refractivity contribution is 5.79. The molecule has 1 N–H and O–H groups in total. The average molecular weight is 240 g/mol. The predicted octanol–water partition coefficient (Wildman–Crippen LogP) is 1.01. The zero-order valence-corrected chi connectivity index (χ0v) is 10.8. The number of hydrogen-bond acceptors (Lipinski definition) is 3. The van der Waals surface area contributed by atoms with Crippen LogP contribution in [0.3, 0.4) is 0 Å². The van der Waals surface area contributed by atoms with Crippen molar-refractivity contribution in [3.8, 4) is 0 Å². The van der Waals surface area contributed by atoms with Gasteiger partial charge in [0.2, 0.25) is 5.91 Å². The van der Waals surface area contributed by atoms with Crippen LogP contribution in [0.2, 0.25) is 0 Å². The Morgan fingerprint density at radius 2 is 1.88 bits per heavy atom. The van der Waals surface area contributed by atoms with Crippen molar-refractivity contribution in [3.05, 3.63) is 0 Å². The Morgan fingerprint density at radius 3 is 2.47 bits per heavy atom. The van der Waals surface area contributed by atoms with Crippen molar-refractivity contribution in [3.63, 3.8) is 0 Å². The van der Waals surface area contributed by atoms with Gasteiger partial charge in [-0.25, -0.2) is 0 Å². The molecule has 2 saturated heterocycles. The van der Waals surface area contributed by atoms with E-state index < -0.39 is 0 Å². The summed E-state index contributed by atoms with van der Waals surface area (Å²) in [6, 6.07) is 0.413. The topological polar surface area (TPSA) is 41.6 Å². The maximum absolute atomic E-state index is 12.5. The number of carbonyl (C=O) groups is 1. The Hall–Kier alpha value is -0.610. The fourth-order valence-corrected chi connectivity index (χ4v) is 2.89. The highest BCUT2D eigenvalue weighted by Gasteiger charge is 2.30. The van der Waals surface area contributed by atoms with Gasteiger partial charge in [-0.2, -0.15) is 0 Å². The molecule has 4 nitrogen and oxygen atoms in total. The fraction of sp³-hybridized carbons (Fsp3) is 0.923. The Morgan fingerprint density at radius 1 is 1.24 bits per heavy atom. The summed E-state index contributed by atoms with van der Waals surface area (Å²) < 4.78 is 5.37. The molecule has 0 spiro atoms.